The Hall–Kier alpha value is -1.11. The Bertz CT molecular complexity index is 400. The van der Waals surface area contributed by atoms with Crippen molar-refractivity contribution in [3.05, 3.63) is 33.4 Å². The van der Waals surface area contributed by atoms with Crippen LogP contribution in [-0.2, 0) is 9.53 Å². The second kappa shape index (κ2) is 5.83. The molecule has 1 unspecified atom stereocenters. The van der Waals surface area contributed by atoms with Gasteiger partial charge in [0.2, 0.25) is 0 Å². The minimum atomic E-state index is -0.567. The SMILES string of the molecule is CC(=O)OC(C)/C(=N/O)c1ccc(I)cc1. The molecular weight excluding hydrogens is 321 g/mol. The van der Waals surface area contributed by atoms with Gasteiger partial charge >= 0.3 is 5.97 Å². The van der Waals surface area contributed by atoms with Crippen molar-refractivity contribution in [2.75, 3.05) is 0 Å². The summed E-state index contributed by atoms with van der Waals surface area (Å²) in [6.45, 7) is 2.98. The zero-order valence-electron chi connectivity index (χ0n) is 8.98. The molecule has 5 heteroatoms. The van der Waals surface area contributed by atoms with Crippen molar-refractivity contribution in [2.24, 2.45) is 5.16 Å². The summed E-state index contributed by atoms with van der Waals surface area (Å²) in [6, 6.07) is 7.41. The molecule has 0 heterocycles. The number of hydrogen-bond acceptors (Lipinski definition) is 4. The molecule has 1 N–H and O–H groups in total. The van der Waals surface area contributed by atoms with Gasteiger partial charge in [-0.1, -0.05) is 17.3 Å². The van der Waals surface area contributed by atoms with Crippen LogP contribution < -0.4 is 0 Å². The molecule has 0 spiro atoms. The van der Waals surface area contributed by atoms with E-state index in [-0.39, 0.29) is 0 Å². The number of rotatable bonds is 3. The van der Waals surface area contributed by atoms with Crippen molar-refractivity contribution < 1.29 is 14.7 Å². The van der Waals surface area contributed by atoms with Gasteiger partial charge in [-0.25, -0.2) is 0 Å². The molecule has 0 radical (unpaired) electrons. The van der Waals surface area contributed by atoms with Crippen LogP contribution in [0.25, 0.3) is 0 Å². The normalized spacial score (nSPS) is 13.3. The first-order chi connectivity index (χ1) is 7.54. The molecule has 1 atom stereocenters. The van der Waals surface area contributed by atoms with Crippen molar-refractivity contribution >= 4 is 34.3 Å². The largest absolute Gasteiger partial charge is 0.456 e. The average Bonchev–Trinajstić information content (AvgIpc) is 2.21. The summed E-state index contributed by atoms with van der Waals surface area (Å²) in [5.74, 6) is -0.404. The second-order valence-corrected chi connectivity index (χ2v) is 4.49. The predicted octanol–water partition coefficient (Wildman–Crippen LogP) is 2.42. The molecule has 4 nitrogen and oxygen atoms in total. The third kappa shape index (κ3) is 3.48. The maximum atomic E-state index is 10.8. The van der Waals surface area contributed by atoms with E-state index >= 15 is 0 Å². The fourth-order valence-corrected chi connectivity index (χ4v) is 1.66. The van der Waals surface area contributed by atoms with E-state index in [2.05, 4.69) is 27.7 Å². The molecule has 1 aromatic carbocycles. The number of hydrogen-bond donors (Lipinski definition) is 1. The third-order valence-electron chi connectivity index (χ3n) is 1.98. The van der Waals surface area contributed by atoms with Crippen LogP contribution in [0, 0.1) is 3.57 Å². The zero-order chi connectivity index (χ0) is 12.1. The predicted molar refractivity (Wildman–Crippen MR) is 68.7 cm³/mol. The number of halogens is 1. The molecule has 0 saturated carbocycles. The number of carbonyl (C=O) groups excluding carboxylic acids is 1. The van der Waals surface area contributed by atoms with Crippen LogP contribution in [0.5, 0.6) is 0 Å². The molecule has 0 aliphatic rings. The maximum Gasteiger partial charge on any atom is 0.303 e. The number of benzene rings is 1. The molecule has 0 amide bonds. The highest BCUT2D eigenvalue weighted by Crippen LogP contribution is 2.11. The van der Waals surface area contributed by atoms with Gasteiger partial charge in [-0.15, -0.1) is 0 Å². The summed E-state index contributed by atoms with van der Waals surface area (Å²) in [4.78, 5) is 10.8. The monoisotopic (exact) mass is 333 g/mol. The number of nitrogens with zero attached hydrogens (tertiary/aromatic N) is 1. The van der Waals surface area contributed by atoms with Gasteiger partial charge in [0.25, 0.3) is 0 Å². The van der Waals surface area contributed by atoms with E-state index in [4.69, 9.17) is 9.94 Å². The fraction of sp³-hybridized carbons (Fsp3) is 0.273. The molecule has 0 saturated heterocycles. The van der Waals surface area contributed by atoms with E-state index in [9.17, 15) is 4.79 Å². The fourth-order valence-electron chi connectivity index (χ4n) is 1.30. The minimum Gasteiger partial charge on any atom is -0.456 e. The lowest BCUT2D eigenvalue weighted by Crippen LogP contribution is -2.24. The summed E-state index contributed by atoms with van der Waals surface area (Å²) in [5, 5.41) is 12.1. The van der Waals surface area contributed by atoms with E-state index in [0.717, 1.165) is 9.13 Å². The van der Waals surface area contributed by atoms with Crippen molar-refractivity contribution in [3.63, 3.8) is 0 Å². The van der Waals surface area contributed by atoms with E-state index < -0.39 is 12.1 Å². The van der Waals surface area contributed by atoms with Gasteiger partial charge in [0.15, 0.2) is 0 Å². The van der Waals surface area contributed by atoms with E-state index in [1.807, 2.05) is 24.3 Å². The van der Waals surface area contributed by atoms with Crippen molar-refractivity contribution in [1.82, 2.24) is 0 Å². The van der Waals surface area contributed by atoms with Gasteiger partial charge in [-0.2, -0.15) is 0 Å². The molecule has 0 aromatic heterocycles. The van der Waals surface area contributed by atoms with Gasteiger partial charge in [0.1, 0.15) is 11.8 Å². The van der Waals surface area contributed by atoms with Crippen LogP contribution in [0.2, 0.25) is 0 Å². The highest BCUT2D eigenvalue weighted by atomic mass is 127. The van der Waals surface area contributed by atoms with Gasteiger partial charge < -0.3 is 9.94 Å². The Morgan fingerprint density at radius 2 is 2.00 bits per heavy atom. The Labute approximate surface area is 107 Å². The quantitative estimate of drug-likeness (QED) is 0.304. The number of esters is 1. The van der Waals surface area contributed by atoms with E-state index in [1.165, 1.54) is 6.92 Å². The second-order valence-electron chi connectivity index (χ2n) is 3.24. The summed E-state index contributed by atoms with van der Waals surface area (Å²) >= 11 is 2.18. The van der Waals surface area contributed by atoms with Gasteiger partial charge in [0.05, 0.1) is 0 Å². The highest BCUT2D eigenvalue weighted by Gasteiger charge is 2.16. The zero-order valence-corrected chi connectivity index (χ0v) is 11.1. The summed E-state index contributed by atoms with van der Waals surface area (Å²) in [6.07, 6.45) is -0.567. The van der Waals surface area contributed by atoms with Crippen LogP contribution >= 0.6 is 22.6 Å². The molecular formula is C11H12INO3. The standard InChI is InChI=1S/C11H12INO3/c1-7(16-8(2)14)11(13-15)9-3-5-10(12)6-4-9/h3-7,15H,1-2H3/b13-11-. The Kier molecular flexibility index (Phi) is 4.72. The van der Waals surface area contributed by atoms with Crippen molar-refractivity contribution in [2.45, 2.75) is 20.0 Å². The lowest BCUT2D eigenvalue weighted by molar-refractivity contribution is -0.142. The molecule has 0 aliphatic carbocycles. The summed E-state index contributed by atoms with van der Waals surface area (Å²) < 4.78 is 6.04. The summed E-state index contributed by atoms with van der Waals surface area (Å²) in [7, 11) is 0. The lowest BCUT2D eigenvalue weighted by atomic mass is 10.1. The van der Waals surface area contributed by atoms with Crippen molar-refractivity contribution in [1.29, 1.82) is 0 Å². The topological polar surface area (TPSA) is 58.9 Å². The van der Waals surface area contributed by atoms with Crippen LogP contribution in [-0.4, -0.2) is 23.0 Å². The van der Waals surface area contributed by atoms with E-state index in [0.29, 0.717) is 5.71 Å². The Balaban J connectivity index is 2.91. The first kappa shape index (κ1) is 13.0. The third-order valence-corrected chi connectivity index (χ3v) is 2.69. The van der Waals surface area contributed by atoms with Gasteiger partial charge in [0, 0.05) is 16.1 Å². The average molecular weight is 333 g/mol. The maximum absolute atomic E-state index is 10.8. The molecule has 1 rings (SSSR count). The minimum absolute atomic E-state index is 0.339. The first-order valence-electron chi connectivity index (χ1n) is 4.69. The van der Waals surface area contributed by atoms with Crippen LogP contribution in [0.15, 0.2) is 29.4 Å². The number of oxime groups is 1. The molecule has 86 valence electrons. The Morgan fingerprint density at radius 1 is 1.44 bits per heavy atom. The van der Waals surface area contributed by atoms with Crippen LogP contribution in [0.3, 0.4) is 0 Å². The summed E-state index contributed by atoms with van der Waals surface area (Å²) in [5.41, 5.74) is 1.07. The molecule has 16 heavy (non-hydrogen) atoms. The van der Waals surface area contributed by atoms with Gasteiger partial charge in [-0.3, -0.25) is 4.79 Å². The smallest absolute Gasteiger partial charge is 0.303 e. The molecule has 0 fully saturated rings. The Morgan fingerprint density at radius 3 is 2.44 bits per heavy atom. The lowest BCUT2D eigenvalue weighted by Gasteiger charge is -2.13. The van der Waals surface area contributed by atoms with Crippen LogP contribution in [0.4, 0.5) is 0 Å². The van der Waals surface area contributed by atoms with Gasteiger partial charge in [-0.05, 0) is 41.6 Å². The molecule has 0 aliphatic heterocycles. The molecule has 1 aromatic rings. The van der Waals surface area contributed by atoms with E-state index in [1.54, 1.807) is 6.92 Å². The molecule has 0 bridgehead atoms. The van der Waals surface area contributed by atoms with Crippen LogP contribution in [0.1, 0.15) is 19.4 Å². The highest BCUT2D eigenvalue weighted by molar-refractivity contribution is 14.1. The number of ether oxygens (including phenoxy) is 1. The first-order valence-corrected chi connectivity index (χ1v) is 5.77. The van der Waals surface area contributed by atoms with Crippen molar-refractivity contribution in [3.8, 4) is 0 Å². The number of carbonyl (C=O) groups is 1.